The third-order valence-corrected chi connectivity index (χ3v) is 6.54. The molecule has 10 N–H and O–H groups in total. The van der Waals surface area contributed by atoms with Gasteiger partial charge < -0.3 is 31.9 Å². The smallest absolute Gasteiger partial charge is 0.336 e. The third kappa shape index (κ3) is 7.01. The fourth-order valence-electron chi connectivity index (χ4n) is 4.51. The number of carbonyl (C=O) groups is 2. The summed E-state index contributed by atoms with van der Waals surface area (Å²) >= 11 is 0. The molecule has 210 valence electrons. The summed E-state index contributed by atoms with van der Waals surface area (Å²) in [5, 5.41) is 16.5. The molecule has 1 amide bonds. The SMILES string of the molecule is CNC(=O)c1cccc(CN(N)/C=C(\N)c2ccc(/C(N)=C/N(N)Cc3cccc4c(C(=O)O)cccc34)cc2)c1. The highest BCUT2D eigenvalue weighted by Crippen LogP contribution is 2.24. The Morgan fingerprint density at radius 2 is 1.32 bits per heavy atom. The van der Waals surface area contributed by atoms with E-state index in [1.165, 1.54) is 10.0 Å². The molecule has 0 saturated carbocycles. The van der Waals surface area contributed by atoms with Crippen LogP contribution in [0.15, 0.2) is 97.3 Å². The molecule has 4 aromatic carbocycles. The van der Waals surface area contributed by atoms with Gasteiger partial charge in [0.2, 0.25) is 0 Å². The van der Waals surface area contributed by atoms with E-state index in [1.54, 1.807) is 55.8 Å². The van der Waals surface area contributed by atoms with Crippen LogP contribution >= 0.6 is 0 Å². The summed E-state index contributed by atoms with van der Waals surface area (Å²) in [5.41, 5.74) is 17.5. The van der Waals surface area contributed by atoms with E-state index in [4.69, 9.17) is 23.2 Å². The highest BCUT2D eigenvalue weighted by molar-refractivity contribution is 6.04. The fourth-order valence-corrected chi connectivity index (χ4v) is 4.51. The van der Waals surface area contributed by atoms with Crippen LogP contribution in [-0.4, -0.2) is 34.0 Å². The van der Waals surface area contributed by atoms with Crippen LogP contribution in [0.4, 0.5) is 0 Å². The van der Waals surface area contributed by atoms with Gasteiger partial charge in [0.05, 0.1) is 30.0 Å². The van der Waals surface area contributed by atoms with E-state index in [9.17, 15) is 14.7 Å². The lowest BCUT2D eigenvalue weighted by molar-refractivity contribution is 0.0698. The van der Waals surface area contributed by atoms with E-state index >= 15 is 0 Å². The van der Waals surface area contributed by atoms with Gasteiger partial charge in [-0.2, -0.15) is 0 Å². The molecule has 0 heterocycles. The highest BCUT2D eigenvalue weighted by Gasteiger charge is 2.11. The number of hydrogen-bond donors (Lipinski definition) is 6. The maximum Gasteiger partial charge on any atom is 0.336 e. The zero-order chi connectivity index (χ0) is 29.5. The van der Waals surface area contributed by atoms with E-state index in [0.29, 0.717) is 35.4 Å². The number of rotatable bonds is 10. The normalized spacial score (nSPS) is 11.8. The number of amides is 1. The lowest BCUT2D eigenvalue weighted by atomic mass is 10.00. The first-order valence-corrected chi connectivity index (χ1v) is 12.8. The summed E-state index contributed by atoms with van der Waals surface area (Å²) in [6.07, 6.45) is 3.25. The van der Waals surface area contributed by atoms with Gasteiger partial charge in [-0.3, -0.25) is 4.79 Å². The van der Waals surface area contributed by atoms with Crippen molar-refractivity contribution in [2.45, 2.75) is 13.1 Å². The molecular formula is C31H33N7O3. The Balaban J connectivity index is 1.43. The third-order valence-electron chi connectivity index (χ3n) is 6.54. The molecule has 0 unspecified atom stereocenters. The van der Waals surface area contributed by atoms with E-state index in [0.717, 1.165) is 27.6 Å². The van der Waals surface area contributed by atoms with Gasteiger partial charge in [-0.25, -0.2) is 16.5 Å². The molecule has 0 atom stereocenters. The molecule has 0 aliphatic carbocycles. The molecule has 0 radical (unpaired) electrons. The number of hydrazine groups is 2. The minimum absolute atomic E-state index is 0.167. The zero-order valence-electron chi connectivity index (χ0n) is 22.6. The summed E-state index contributed by atoms with van der Waals surface area (Å²) < 4.78 is 0. The molecule has 4 aromatic rings. The molecule has 0 aromatic heterocycles. The molecule has 0 saturated heterocycles. The first-order chi connectivity index (χ1) is 19.7. The molecule has 0 spiro atoms. The van der Waals surface area contributed by atoms with Gasteiger partial charge in [0.25, 0.3) is 5.91 Å². The van der Waals surface area contributed by atoms with Gasteiger partial charge in [-0.15, -0.1) is 0 Å². The first-order valence-electron chi connectivity index (χ1n) is 12.8. The molecule has 0 fully saturated rings. The van der Waals surface area contributed by atoms with Crippen LogP contribution in [0.5, 0.6) is 0 Å². The van der Waals surface area contributed by atoms with Crippen molar-refractivity contribution in [1.82, 2.24) is 15.3 Å². The van der Waals surface area contributed by atoms with Gasteiger partial charge >= 0.3 is 5.97 Å². The van der Waals surface area contributed by atoms with Crippen LogP contribution in [0, 0.1) is 0 Å². The number of nitrogens with one attached hydrogen (secondary N) is 1. The summed E-state index contributed by atoms with van der Waals surface area (Å²) in [5.74, 6) is 11.3. The average Bonchev–Trinajstić information content (AvgIpc) is 2.96. The van der Waals surface area contributed by atoms with E-state index < -0.39 is 5.97 Å². The largest absolute Gasteiger partial charge is 0.478 e. The van der Waals surface area contributed by atoms with Crippen LogP contribution < -0.4 is 28.5 Å². The summed E-state index contributed by atoms with van der Waals surface area (Å²) in [6, 6.07) is 25.2. The molecule has 10 heteroatoms. The van der Waals surface area contributed by atoms with Gasteiger partial charge in [0.15, 0.2) is 0 Å². The van der Waals surface area contributed by atoms with Crippen molar-refractivity contribution in [3.63, 3.8) is 0 Å². The number of benzene rings is 4. The van der Waals surface area contributed by atoms with Gasteiger partial charge in [0, 0.05) is 25.0 Å². The second-order valence-electron chi connectivity index (χ2n) is 9.49. The van der Waals surface area contributed by atoms with Crippen LogP contribution in [0.3, 0.4) is 0 Å². The molecule has 0 bridgehead atoms. The van der Waals surface area contributed by atoms with Crippen molar-refractivity contribution in [3.8, 4) is 0 Å². The first kappa shape index (κ1) is 28.7. The number of fused-ring (bicyclic) bond motifs is 1. The lowest BCUT2D eigenvalue weighted by Crippen LogP contribution is -2.26. The summed E-state index contributed by atoms with van der Waals surface area (Å²) in [4.78, 5) is 23.5. The zero-order valence-corrected chi connectivity index (χ0v) is 22.6. The van der Waals surface area contributed by atoms with Crippen LogP contribution in [-0.2, 0) is 13.1 Å². The number of nitrogens with zero attached hydrogens (tertiary/aromatic N) is 2. The predicted molar refractivity (Wildman–Crippen MR) is 161 cm³/mol. The Morgan fingerprint density at radius 1 is 0.756 bits per heavy atom. The lowest BCUT2D eigenvalue weighted by Gasteiger charge is -2.17. The van der Waals surface area contributed by atoms with Crippen molar-refractivity contribution in [3.05, 3.63) is 131 Å². The average molecular weight is 552 g/mol. The second kappa shape index (κ2) is 12.7. The molecule has 4 rings (SSSR count). The second-order valence-corrected chi connectivity index (χ2v) is 9.49. The minimum atomic E-state index is -0.979. The standard InChI is InChI=1S/C31H33N7O3/c1-36-30(39)23-6-2-5-20(15-23)16-37(34)18-28(32)21-11-13-22(14-12-21)29(33)19-38(35)17-24-7-3-9-26-25(24)8-4-10-27(26)31(40)41/h2-15,18-19H,16-17,32-35H2,1H3,(H,36,39)(H,40,41)/b28-18-,29-19-. The maximum absolute atomic E-state index is 11.9. The van der Waals surface area contributed by atoms with Crippen molar-refractivity contribution >= 4 is 34.0 Å². The molecule has 41 heavy (non-hydrogen) atoms. The predicted octanol–water partition coefficient (Wildman–Crippen LogP) is 3.16. The van der Waals surface area contributed by atoms with E-state index in [-0.39, 0.29) is 11.5 Å². The van der Waals surface area contributed by atoms with E-state index in [2.05, 4.69) is 5.32 Å². The Hall–Kier alpha value is -5.32. The van der Waals surface area contributed by atoms with Crippen molar-refractivity contribution in [2.24, 2.45) is 23.2 Å². The van der Waals surface area contributed by atoms with Gasteiger partial charge in [-0.05, 0) is 51.2 Å². The van der Waals surface area contributed by atoms with Crippen LogP contribution in [0.25, 0.3) is 22.2 Å². The van der Waals surface area contributed by atoms with Gasteiger partial charge in [-0.1, -0.05) is 66.7 Å². The number of carboxylic acids is 1. The topological polar surface area (TPSA) is 177 Å². The molecule has 0 aliphatic heterocycles. The maximum atomic E-state index is 11.9. The van der Waals surface area contributed by atoms with E-state index in [1.807, 2.05) is 48.5 Å². The number of carboxylic acid groups (broad SMARTS) is 1. The number of hydrogen-bond acceptors (Lipinski definition) is 8. The Morgan fingerprint density at radius 3 is 1.93 bits per heavy atom. The van der Waals surface area contributed by atoms with Crippen molar-refractivity contribution < 1.29 is 14.7 Å². The fraction of sp³-hybridized carbons (Fsp3) is 0.0968. The Kier molecular flexibility index (Phi) is 8.88. The minimum Gasteiger partial charge on any atom is -0.478 e. The van der Waals surface area contributed by atoms with Crippen LogP contribution in [0.2, 0.25) is 0 Å². The molecule has 10 nitrogen and oxygen atoms in total. The summed E-state index contributed by atoms with van der Waals surface area (Å²) in [7, 11) is 1.58. The van der Waals surface area contributed by atoms with Crippen LogP contribution in [0.1, 0.15) is 43.0 Å². The molecular weight excluding hydrogens is 518 g/mol. The number of carbonyl (C=O) groups excluding carboxylic acids is 1. The number of aromatic carboxylic acids is 1. The molecule has 0 aliphatic rings. The highest BCUT2D eigenvalue weighted by atomic mass is 16.4. The Labute approximate surface area is 238 Å². The van der Waals surface area contributed by atoms with Gasteiger partial charge in [0.1, 0.15) is 0 Å². The quantitative estimate of drug-likeness (QED) is 0.128. The summed E-state index contributed by atoms with van der Waals surface area (Å²) in [6.45, 7) is 0.688. The monoisotopic (exact) mass is 551 g/mol. The number of nitrogens with two attached hydrogens (primary N) is 4. The Bertz CT molecular complexity index is 1630. The van der Waals surface area contributed by atoms with Crippen molar-refractivity contribution in [1.29, 1.82) is 0 Å². The van der Waals surface area contributed by atoms with Crippen molar-refractivity contribution in [2.75, 3.05) is 7.05 Å².